The van der Waals surface area contributed by atoms with Gasteiger partial charge in [-0.2, -0.15) is 11.3 Å². The highest BCUT2D eigenvalue weighted by Gasteiger charge is 2.21. The van der Waals surface area contributed by atoms with Crippen LogP contribution in [0.4, 0.5) is 0 Å². The van der Waals surface area contributed by atoms with Gasteiger partial charge in [0.2, 0.25) is 0 Å². The molecule has 0 bridgehead atoms. The summed E-state index contributed by atoms with van der Waals surface area (Å²) in [6, 6.07) is 2.15. The monoisotopic (exact) mass is 285 g/mol. The molecule has 0 amide bonds. The Bertz CT molecular complexity index is 367. The molecule has 1 unspecified atom stereocenters. The number of nitrogens with zero attached hydrogens (tertiary/aromatic N) is 1. The number of thiophene rings is 1. The van der Waals surface area contributed by atoms with Crippen LogP contribution in [0.25, 0.3) is 0 Å². The minimum Gasteiger partial charge on any atom is -0.481 e. The van der Waals surface area contributed by atoms with Crippen molar-refractivity contribution in [2.24, 2.45) is 5.92 Å². The van der Waals surface area contributed by atoms with E-state index in [2.05, 4.69) is 21.7 Å². The summed E-state index contributed by atoms with van der Waals surface area (Å²) in [6.07, 6.45) is 2.54. The van der Waals surface area contributed by atoms with Crippen LogP contribution in [0.1, 0.15) is 19.3 Å². The highest BCUT2D eigenvalue weighted by Crippen LogP contribution is 2.23. The second-order valence-corrected chi connectivity index (χ2v) is 6.66. The van der Waals surface area contributed by atoms with Gasteiger partial charge in [0.05, 0.1) is 0 Å². The first-order valence-electron chi connectivity index (χ1n) is 6.33. The van der Waals surface area contributed by atoms with Crippen molar-refractivity contribution in [3.63, 3.8) is 0 Å². The van der Waals surface area contributed by atoms with Crippen molar-refractivity contribution in [1.82, 2.24) is 4.90 Å². The average molecular weight is 285 g/mol. The van der Waals surface area contributed by atoms with E-state index in [4.69, 9.17) is 5.11 Å². The molecule has 0 spiro atoms. The summed E-state index contributed by atoms with van der Waals surface area (Å²) in [5, 5.41) is 13.1. The van der Waals surface area contributed by atoms with Crippen molar-refractivity contribution in [3.8, 4) is 0 Å². The second-order valence-electron chi connectivity index (χ2n) is 4.71. The molecule has 18 heavy (non-hydrogen) atoms. The van der Waals surface area contributed by atoms with Gasteiger partial charge in [-0.15, -0.1) is 11.8 Å². The molecule has 2 rings (SSSR count). The smallest absolute Gasteiger partial charge is 0.303 e. The third-order valence-electron chi connectivity index (χ3n) is 3.24. The lowest BCUT2D eigenvalue weighted by molar-refractivity contribution is -0.138. The largest absolute Gasteiger partial charge is 0.481 e. The zero-order chi connectivity index (χ0) is 12.8. The lowest BCUT2D eigenvalue weighted by Gasteiger charge is -2.31. The fraction of sp³-hybridized carbons (Fsp3) is 0.615. The van der Waals surface area contributed by atoms with E-state index in [9.17, 15) is 4.79 Å². The molecule has 1 aromatic heterocycles. The molecule has 5 heteroatoms. The maximum atomic E-state index is 10.7. The third-order valence-corrected chi connectivity index (χ3v) is 5.04. The molecule has 2 heterocycles. The van der Waals surface area contributed by atoms with Crippen molar-refractivity contribution in [2.45, 2.75) is 24.2 Å². The van der Waals surface area contributed by atoms with E-state index in [1.165, 1.54) is 4.90 Å². The van der Waals surface area contributed by atoms with Gasteiger partial charge >= 0.3 is 5.97 Å². The predicted octanol–water partition coefficient (Wildman–Crippen LogP) is 3.03. The SMILES string of the molecule is O=C(O)CC1CCCN(CCSc2ccsc2)C1. The molecule has 1 aliphatic heterocycles. The van der Waals surface area contributed by atoms with Crippen molar-refractivity contribution in [2.75, 3.05) is 25.4 Å². The summed E-state index contributed by atoms with van der Waals surface area (Å²) < 4.78 is 0. The first kappa shape index (κ1) is 13.9. The van der Waals surface area contributed by atoms with Crippen LogP contribution in [0.2, 0.25) is 0 Å². The van der Waals surface area contributed by atoms with Crippen LogP contribution in [-0.4, -0.2) is 41.4 Å². The number of carbonyl (C=O) groups is 1. The standard InChI is InChI=1S/C13H19NO2S2/c15-13(16)8-11-2-1-4-14(9-11)5-7-18-12-3-6-17-10-12/h3,6,10-11H,1-2,4-5,7-9H2,(H,15,16). The maximum absolute atomic E-state index is 10.7. The molecule has 1 N–H and O–H groups in total. The Morgan fingerprint density at radius 1 is 1.61 bits per heavy atom. The number of thioether (sulfide) groups is 1. The van der Waals surface area contributed by atoms with E-state index in [1.54, 1.807) is 11.3 Å². The summed E-state index contributed by atoms with van der Waals surface area (Å²) in [5.41, 5.74) is 0. The van der Waals surface area contributed by atoms with Gasteiger partial charge in [-0.1, -0.05) is 0 Å². The number of likely N-dealkylation sites (tertiary alicyclic amines) is 1. The molecule has 1 saturated heterocycles. The zero-order valence-electron chi connectivity index (χ0n) is 10.4. The molecular formula is C13H19NO2S2. The van der Waals surface area contributed by atoms with Gasteiger partial charge in [0, 0.05) is 35.5 Å². The van der Waals surface area contributed by atoms with Crippen LogP contribution in [0, 0.1) is 5.92 Å². The molecule has 0 saturated carbocycles. The van der Waals surface area contributed by atoms with Crippen molar-refractivity contribution in [3.05, 3.63) is 16.8 Å². The topological polar surface area (TPSA) is 40.5 Å². The van der Waals surface area contributed by atoms with Crippen LogP contribution < -0.4 is 0 Å². The van der Waals surface area contributed by atoms with Gasteiger partial charge in [-0.25, -0.2) is 0 Å². The van der Waals surface area contributed by atoms with Gasteiger partial charge in [-0.05, 0) is 36.8 Å². The van der Waals surface area contributed by atoms with Gasteiger partial charge in [0.25, 0.3) is 0 Å². The van der Waals surface area contributed by atoms with E-state index in [0.717, 1.165) is 38.2 Å². The van der Waals surface area contributed by atoms with E-state index >= 15 is 0 Å². The summed E-state index contributed by atoms with van der Waals surface area (Å²) >= 11 is 3.62. The Morgan fingerprint density at radius 2 is 2.50 bits per heavy atom. The summed E-state index contributed by atoms with van der Waals surface area (Å²) in [7, 11) is 0. The number of carboxylic acids is 1. The van der Waals surface area contributed by atoms with Crippen molar-refractivity contribution < 1.29 is 9.90 Å². The lowest BCUT2D eigenvalue weighted by atomic mass is 9.95. The minimum absolute atomic E-state index is 0.328. The third kappa shape index (κ3) is 4.63. The van der Waals surface area contributed by atoms with Crippen molar-refractivity contribution >= 4 is 29.1 Å². The fourth-order valence-electron chi connectivity index (χ4n) is 2.39. The molecular weight excluding hydrogens is 266 g/mol. The average Bonchev–Trinajstić information content (AvgIpc) is 2.82. The fourth-order valence-corrected chi connectivity index (χ4v) is 4.19. The maximum Gasteiger partial charge on any atom is 0.303 e. The molecule has 0 aliphatic carbocycles. The number of hydrogen-bond donors (Lipinski definition) is 1. The van der Waals surface area contributed by atoms with E-state index in [0.29, 0.717) is 12.3 Å². The number of piperidine rings is 1. The highest BCUT2D eigenvalue weighted by atomic mass is 32.2. The molecule has 100 valence electrons. The summed E-state index contributed by atoms with van der Waals surface area (Å²) in [6.45, 7) is 3.15. The number of carboxylic acid groups (broad SMARTS) is 1. The first-order chi connectivity index (χ1) is 8.74. The molecule has 0 aromatic carbocycles. The van der Waals surface area contributed by atoms with Gasteiger partial charge < -0.3 is 10.0 Å². The van der Waals surface area contributed by atoms with E-state index in [1.807, 2.05) is 11.8 Å². The van der Waals surface area contributed by atoms with Gasteiger partial charge in [-0.3, -0.25) is 4.79 Å². The van der Waals surface area contributed by atoms with Crippen LogP contribution in [0.15, 0.2) is 21.7 Å². The molecule has 1 aliphatic rings. The molecule has 1 fully saturated rings. The van der Waals surface area contributed by atoms with Crippen LogP contribution in [-0.2, 0) is 4.79 Å². The Kier molecular flexibility index (Phi) is 5.53. The normalized spacial score (nSPS) is 21.0. The molecule has 1 atom stereocenters. The summed E-state index contributed by atoms with van der Waals surface area (Å²) in [4.78, 5) is 14.5. The first-order valence-corrected chi connectivity index (χ1v) is 8.26. The lowest BCUT2D eigenvalue weighted by Crippen LogP contribution is -2.37. The number of rotatable bonds is 6. The van der Waals surface area contributed by atoms with Crippen molar-refractivity contribution in [1.29, 1.82) is 0 Å². The number of hydrogen-bond acceptors (Lipinski definition) is 4. The Balaban J connectivity index is 1.67. The quantitative estimate of drug-likeness (QED) is 0.816. The van der Waals surface area contributed by atoms with Gasteiger partial charge in [0.15, 0.2) is 0 Å². The van der Waals surface area contributed by atoms with Crippen LogP contribution in [0.5, 0.6) is 0 Å². The van der Waals surface area contributed by atoms with Crippen LogP contribution >= 0.6 is 23.1 Å². The van der Waals surface area contributed by atoms with E-state index < -0.39 is 5.97 Å². The Labute approximate surface area is 116 Å². The Hall–Kier alpha value is -0.520. The van der Waals surface area contributed by atoms with Crippen LogP contribution in [0.3, 0.4) is 0 Å². The summed E-state index contributed by atoms with van der Waals surface area (Å²) in [5.74, 6) is 0.785. The van der Waals surface area contributed by atoms with E-state index in [-0.39, 0.29) is 0 Å². The number of aliphatic carboxylic acids is 1. The second kappa shape index (κ2) is 7.16. The predicted molar refractivity (Wildman–Crippen MR) is 76.5 cm³/mol. The Morgan fingerprint density at radius 3 is 3.22 bits per heavy atom. The molecule has 1 aromatic rings. The molecule has 3 nitrogen and oxygen atoms in total. The highest BCUT2D eigenvalue weighted by molar-refractivity contribution is 7.99. The molecule has 0 radical (unpaired) electrons. The minimum atomic E-state index is -0.658. The zero-order valence-corrected chi connectivity index (χ0v) is 12.0. The van der Waals surface area contributed by atoms with Gasteiger partial charge in [0.1, 0.15) is 0 Å².